The van der Waals surface area contributed by atoms with E-state index in [-0.39, 0.29) is 0 Å². The zero-order valence-electron chi connectivity index (χ0n) is 27.6. The highest BCUT2D eigenvalue weighted by molar-refractivity contribution is 6.21. The SMILES string of the molecule is c1ccc(-c2nc(-c3cccc(-n4c5ccccc5c5c6ccccc6ccc54)c3)nc(-c3ccc(-c4ccccc4)c4ccccc34)n2)cc1. The molecule has 4 nitrogen and oxygen atoms in total. The van der Waals surface area contributed by atoms with E-state index in [0.29, 0.717) is 17.5 Å². The Morgan fingerprint density at radius 2 is 0.902 bits per heavy atom. The van der Waals surface area contributed by atoms with Crippen molar-refractivity contribution in [1.82, 2.24) is 19.5 Å². The van der Waals surface area contributed by atoms with Crippen molar-refractivity contribution in [2.75, 3.05) is 0 Å². The van der Waals surface area contributed by atoms with Gasteiger partial charge in [-0.05, 0) is 63.0 Å². The van der Waals surface area contributed by atoms with Crippen LogP contribution in [-0.2, 0) is 0 Å². The molecule has 2 aromatic heterocycles. The molecule has 0 atom stereocenters. The summed E-state index contributed by atoms with van der Waals surface area (Å²) in [5.41, 5.74) is 8.57. The molecule has 0 saturated carbocycles. The van der Waals surface area contributed by atoms with Gasteiger partial charge in [0.25, 0.3) is 0 Å². The number of aromatic nitrogens is 4. The minimum Gasteiger partial charge on any atom is -0.309 e. The first kappa shape index (κ1) is 29.0. The van der Waals surface area contributed by atoms with Crippen LogP contribution in [0.4, 0.5) is 0 Å². The summed E-state index contributed by atoms with van der Waals surface area (Å²) in [6.07, 6.45) is 0. The first-order chi connectivity index (χ1) is 25.3. The van der Waals surface area contributed by atoms with Gasteiger partial charge >= 0.3 is 0 Å². The molecule has 238 valence electrons. The van der Waals surface area contributed by atoms with Gasteiger partial charge in [0.1, 0.15) is 0 Å². The van der Waals surface area contributed by atoms with Gasteiger partial charge in [-0.1, -0.05) is 152 Å². The minimum absolute atomic E-state index is 0.628. The van der Waals surface area contributed by atoms with Crippen molar-refractivity contribution in [3.8, 4) is 51.0 Å². The van der Waals surface area contributed by atoms with Crippen molar-refractivity contribution in [2.45, 2.75) is 0 Å². The van der Waals surface area contributed by atoms with Crippen molar-refractivity contribution in [3.63, 3.8) is 0 Å². The Morgan fingerprint density at radius 3 is 1.69 bits per heavy atom. The van der Waals surface area contributed by atoms with E-state index in [1.165, 1.54) is 38.2 Å². The molecule has 0 N–H and O–H groups in total. The maximum atomic E-state index is 5.21. The van der Waals surface area contributed by atoms with E-state index >= 15 is 0 Å². The summed E-state index contributed by atoms with van der Waals surface area (Å²) in [6.45, 7) is 0. The normalized spacial score (nSPS) is 11.5. The lowest BCUT2D eigenvalue weighted by Crippen LogP contribution is -2.01. The molecule has 0 bridgehead atoms. The fourth-order valence-corrected chi connectivity index (χ4v) is 7.51. The second-order valence-electron chi connectivity index (χ2n) is 12.8. The number of hydrogen-bond acceptors (Lipinski definition) is 3. The van der Waals surface area contributed by atoms with Gasteiger partial charge in [0, 0.05) is 33.2 Å². The zero-order valence-corrected chi connectivity index (χ0v) is 27.6. The third-order valence-corrected chi connectivity index (χ3v) is 9.84. The smallest absolute Gasteiger partial charge is 0.164 e. The van der Waals surface area contributed by atoms with Crippen LogP contribution >= 0.6 is 0 Å². The molecule has 0 aliphatic rings. The van der Waals surface area contributed by atoms with Gasteiger partial charge in [0.15, 0.2) is 17.5 Å². The fourth-order valence-electron chi connectivity index (χ4n) is 7.51. The van der Waals surface area contributed by atoms with Gasteiger partial charge < -0.3 is 4.57 Å². The highest BCUT2D eigenvalue weighted by Gasteiger charge is 2.18. The molecule has 0 amide bonds. The summed E-state index contributed by atoms with van der Waals surface area (Å²) in [5.74, 6) is 1.91. The van der Waals surface area contributed by atoms with Crippen molar-refractivity contribution < 1.29 is 0 Å². The highest BCUT2D eigenvalue weighted by Crippen LogP contribution is 2.38. The number of benzene rings is 8. The molecule has 0 aliphatic carbocycles. The van der Waals surface area contributed by atoms with Crippen molar-refractivity contribution in [3.05, 3.63) is 182 Å². The maximum absolute atomic E-state index is 5.21. The zero-order chi connectivity index (χ0) is 33.7. The van der Waals surface area contributed by atoms with Gasteiger partial charge in [-0.2, -0.15) is 0 Å². The van der Waals surface area contributed by atoms with Crippen LogP contribution in [0.2, 0.25) is 0 Å². The lowest BCUT2D eigenvalue weighted by molar-refractivity contribution is 1.07. The number of rotatable bonds is 5. The lowest BCUT2D eigenvalue weighted by Gasteiger charge is -2.14. The Hall–Kier alpha value is -6.91. The van der Waals surface area contributed by atoms with Crippen LogP contribution in [0.5, 0.6) is 0 Å². The van der Waals surface area contributed by atoms with Crippen LogP contribution in [0.1, 0.15) is 0 Å². The molecule has 10 rings (SSSR count). The monoisotopic (exact) mass is 650 g/mol. The van der Waals surface area contributed by atoms with Crippen LogP contribution in [-0.4, -0.2) is 19.5 Å². The molecule has 0 spiro atoms. The Kier molecular flexibility index (Phi) is 6.78. The van der Waals surface area contributed by atoms with Crippen molar-refractivity contribution in [2.24, 2.45) is 0 Å². The predicted molar refractivity (Wildman–Crippen MR) is 211 cm³/mol. The number of para-hydroxylation sites is 1. The predicted octanol–water partition coefficient (Wildman–Crippen LogP) is 11.9. The Bertz CT molecular complexity index is 2910. The summed E-state index contributed by atoms with van der Waals surface area (Å²) in [6, 6.07) is 63.9. The van der Waals surface area contributed by atoms with Gasteiger partial charge in [-0.3, -0.25) is 0 Å². The average Bonchev–Trinajstić information content (AvgIpc) is 3.56. The molecule has 0 radical (unpaired) electrons. The molecule has 8 aromatic carbocycles. The summed E-state index contributed by atoms with van der Waals surface area (Å²) in [5, 5.41) is 7.23. The van der Waals surface area contributed by atoms with E-state index in [9.17, 15) is 0 Å². The van der Waals surface area contributed by atoms with E-state index in [4.69, 9.17) is 15.0 Å². The van der Waals surface area contributed by atoms with Crippen LogP contribution in [0.15, 0.2) is 182 Å². The quantitative estimate of drug-likeness (QED) is 0.186. The Balaban J connectivity index is 1.18. The van der Waals surface area contributed by atoms with Crippen LogP contribution < -0.4 is 0 Å². The van der Waals surface area contributed by atoms with E-state index in [0.717, 1.165) is 38.7 Å². The lowest BCUT2D eigenvalue weighted by atomic mass is 9.95. The highest BCUT2D eigenvalue weighted by atomic mass is 15.0. The Morgan fingerprint density at radius 1 is 0.333 bits per heavy atom. The van der Waals surface area contributed by atoms with Crippen LogP contribution in [0.25, 0.3) is 94.3 Å². The summed E-state index contributed by atoms with van der Waals surface area (Å²) >= 11 is 0. The molecule has 0 aliphatic heterocycles. The van der Waals surface area contributed by atoms with E-state index in [2.05, 4.69) is 168 Å². The average molecular weight is 651 g/mol. The Labute approximate surface area is 295 Å². The molecule has 10 aromatic rings. The van der Waals surface area contributed by atoms with Crippen molar-refractivity contribution >= 4 is 43.4 Å². The first-order valence-corrected chi connectivity index (χ1v) is 17.2. The largest absolute Gasteiger partial charge is 0.309 e. The molecule has 0 fully saturated rings. The van der Waals surface area contributed by atoms with E-state index < -0.39 is 0 Å². The van der Waals surface area contributed by atoms with Gasteiger partial charge in [0.05, 0.1) is 11.0 Å². The number of nitrogens with zero attached hydrogens (tertiary/aromatic N) is 4. The summed E-state index contributed by atoms with van der Waals surface area (Å²) in [4.78, 5) is 15.4. The standard InChI is InChI=1S/C47H30N4/c1-3-14-31(15-4-1)36-27-28-40(39-23-10-9-22-38(36)39)47-49-45(33-17-5-2-6-18-33)48-46(50-47)34-19-13-20-35(30-34)51-42-25-12-11-24-41(42)44-37-21-8-7-16-32(37)26-29-43(44)51/h1-30H. The molecule has 0 unspecified atom stereocenters. The topological polar surface area (TPSA) is 43.6 Å². The molecule has 2 heterocycles. The fraction of sp³-hybridized carbons (Fsp3) is 0. The van der Waals surface area contributed by atoms with Gasteiger partial charge in [0.2, 0.25) is 0 Å². The molecule has 4 heteroatoms. The first-order valence-electron chi connectivity index (χ1n) is 17.2. The minimum atomic E-state index is 0.628. The third kappa shape index (κ3) is 4.88. The van der Waals surface area contributed by atoms with Crippen LogP contribution in [0, 0.1) is 0 Å². The third-order valence-electron chi connectivity index (χ3n) is 9.84. The number of fused-ring (bicyclic) bond motifs is 6. The molecular weight excluding hydrogens is 621 g/mol. The van der Waals surface area contributed by atoms with E-state index in [1.807, 2.05) is 18.2 Å². The van der Waals surface area contributed by atoms with Gasteiger partial charge in [-0.25, -0.2) is 15.0 Å². The maximum Gasteiger partial charge on any atom is 0.164 e. The van der Waals surface area contributed by atoms with E-state index in [1.54, 1.807) is 0 Å². The summed E-state index contributed by atoms with van der Waals surface area (Å²) in [7, 11) is 0. The number of hydrogen-bond donors (Lipinski definition) is 0. The second kappa shape index (κ2) is 11.9. The van der Waals surface area contributed by atoms with Crippen LogP contribution in [0.3, 0.4) is 0 Å². The molecule has 0 saturated heterocycles. The second-order valence-corrected chi connectivity index (χ2v) is 12.8. The molecule has 51 heavy (non-hydrogen) atoms. The van der Waals surface area contributed by atoms with Crippen molar-refractivity contribution in [1.29, 1.82) is 0 Å². The summed E-state index contributed by atoms with van der Waals surface area (Å²) < 4.78 is 2.36. The molecular formula is C47H30N4. The van der Waals surface area contributed by atoms with Gasteiger partial charge in [-0.15, -0.1) is 0 Å².